The van der Waals surface area contributed by atoms with Crippen LogP contribution in [0.1, 0.15) is 34.5 Å². The molecular weight excluding hydrogens is 284 g/mol. The van der Waals surface area contributed by atoms with Gasteiger partial charge in [-0.2, -0.15) is 5.10 Å². The van der Waals surface area contributed by atoms with Crippen molar-refractivity contribution in [1.29, 1.82) is 0 Å². The lowest BCUT2D eigenvalue weighted by Gasteiger charge is -2.18. The maximum atomic E-state index is 12.6. The second-order valence-corrected chi connectivity index (χ2v) is 4.89. The van der Waals surface area contributed by atoms with E-state index in [-0.39, 0.29) is 17.7 Å². The summed E-state index contributed by atoms with van der Waals surface area (Å²) in [6, 6.07) is 10.2. The lowest BCUT2D eigenvalue weighted by atomic mass is 10.1. The molecule has 0 radical (unpaired) electrons. The molecule has 0 N–H and O–H groups in total. The van der Waals surface area contributed by atoms with Gasteiger partial charge in [0, 0.05) is 6.42 Å². The molecule has 0 fully saturated rings. The molecule has 0 bridgehead atoms. The Labute approximate surface area is 125 Å². The minimum atomic E-state index is -0.312. The summed E-state index contributed by atoms with van der Waals surface area (Å²) < 4.78 is 16.0. The number of carbonyl (C=O) groups excluding carboxylic acids is 1. The van der Waals surface area contributed by atoms with E-state index in [2.05, 4.69) is 5.10 Å². The lowest BCUT2D eigenvalue weighted by molar-refractivity contribution is 0.0660. The van der Waals surface area contributed by atoms with Crippen molar-refractivity contribution in [3.8, 4) is 0 Å². The molecule has 0 saturated heterocycles. The van der Waals surface area contributed by atoms with Gasteiger partial charge in [-0.15, -0.1) is 0 Å². The molecule has 1 aliphatic heterocycles. The number of rotatable bonds is 3. The van der Waals surface area contributed by atoms with Gasteiger partial charge in [-0.05, 0) is 36.4 Å². The fourth-order valence-electron chi connectivity index (χ4n) is 2.50. The molecule has 0 saturated carbocycles. The van der Waals surface area contributed by atoms with Gasteiger partial charge in [0.05, 0.1) is 18.8 Å². The molecule has 0 aromatic carbocycles. The van der Waals surface area contributed by atoms with Gasteiger partial charge in [0.15, 0.2) is 5.76 Å². The average molecular weight is 296 g/mol. The Kier molecular flexibility index (Phi) is 2.93. The molecule has 1 atom stereocenters. The molecule has 1 aliphatic rings. The van der Waals surface area contributed by atoms with Crippen molar-refractivity contribution in [1.82, 2.24) is 5.01 Å². The van der Waals surface area contributed by atoms with Crippen LogP contribution < -0.4 is 0 Å². The third-order valence-electron chi connectivity index (χ3n) is 3.53. The lowest BCUT2D eigenvalue weighted by Crippen LogP contribution is -2.26. The van der Waals surface area contributed by atoms with Crippen LogP contribution in [0, 0.1) is 0 Å². The molecule has 22 heavy (non-hydrogen) atoms. The molecule has 4 rings (SSSR count). The molecule has 6 nitrogen and oxygen atoms in total. The van der Waals surface area contributed by atoms with Crippen molar-refractivity contribution < 1.29 is 18.0 Å². The highest BCUT2D eigenvalue weighted by molar-refractivity contribution is 6.02. The molecule has 0 aliphatic carbocycles. The monoisotopic (exact) mass is 296 g/mol. The van der Waals surface area contributed by atoms with Gasteiger partial charge >= 0.3 is 5.91 Å². The van der Waals surface area contributed by atoms with Crippen LogP contribution in [0.2, 0.25) is 0 Å². The Morgan fingerprint density at radius 1 is 1.05 bits per heavy atom. The number of amides is 1. The summed E-state index contributed by atoms with van der Waals surface area (Å²) in [5.74, 6) is 1.24. The second-order valence-electron chi connectivity index (χ2n) is 4.89. The van der Waals surface area contributed by atoms with Crippen molar-refractivity contribution in [3.63, 3.8) is 0 Å². The third-order valence-corrected chi connectivity index (χ3v) is 3.53. The van der Waals surface area contributed by atoms with E-state index in [1.165, 1.54) is 11.3 Å². The Bertz CT molecular complexity index is 785. The van der Waals surface area contributed by atoms with E-state index in [0.29, 0.717) is 23.7 Å². The maximum absolute atomic E-state index is 12.6. The van der Waals surface area contributed by atoms with Crippen LogP contribution >= 0.6 is 0 Å². The van der Waals surface area contributed by atoms with Gasteiger partial charge in [0.25, 0.3) is 0 Å². The van der Waals surface area contributed by atoms with E-state index >= 15 is 0 Å². The van der Waals surface area contributed by atoms with E-state index in [1.54, 1.807) is 36.8 Å². The number of hydrazone groups is 1. The fraction of sp³-hybridized carbons (Fsp3) is 0.125. The van der Waals surface area contributed by atoms with Crippen molar-refractivity contribution in [2.24, 2.45) is 5.10 Å². The first kappa shape index (κ1) is 12.7. The first-order valence-electron chi connectivity index (χ1n) is 6.85. The zero-order valence-electron chi connectivity index (χ0n) is 11.5. The number of carbonyl (C=O) groups is 1. The summed E-state index contributed by atoms with van der Waals surface area (Å²) in [6.45, 7) is 0. The third kappa shape index (κ3) is 2.05. The normalized spacial score (nSPS) is 17.7. The van der Waals surface area contributed by atoms with Gasteiger partial charge in [0.2, 0.25) is 0 Å². The van der Waals surface area contributed by atoms with Crippen LogP contribution in [0.25, 0.3) is 0 Å². The maximum Gasteiger partial charge on any atom is 0.310 e. The summed E-state index contributed by atoms with van der Waals surface area (Å²) in [6.07, 6.45) is 5.14. The molecule has 4 heterocycles. The largest absolute Gasteiger partial charge is 0.467 e. The van der Waals surface area contributed by atoms with Crippen LogP contribution in [0.3, 0.4) is 0 Å². The molecule has 3 aromatic rings. The van der Waals surface area contributed by atoms with Crippen LogP contribution in [0.5, 0.6) is 0 Å². The summed E-state index contributed by atoms with van der Waals surface area (Å²) in [5.41, 5.74) is 0.700. The highest BCUT2D eigenvalue weighted by Gasteiger charge is 2.37. The molecule has 1 amide bonds. The van der Waals surface area contributed by atoms with Crippen molar-refractivity contribution in [2.45, 2.75) is 12.5 Å². The predicted octanol–water partition coefficient (Wildman–Crippen LogP) is 3.46. The molecule has 0 unspecified atom stereocenters. The van der Waals surface area contributed by atoms with Crippen LogP contribution in [-0.2, 0) is 0 Å². The smallest absolute Gasteiger partial charge is 0.310 e. The summed E-state index contributed by atoms with van der Waals surface area (Å²) in [7, 11) is 0. The summed E-state index contributed by atoms with van der Waals surface area (Å²) in [5, 5.41) is 5.79. The predicted molar refractivity (Wildman–Crippen MR) is 76.2 cm³/mol. The topological polar surface area (TPSA) is 72.1 Å². The molecule has 0 spiro atoms. The van der Waals surface area contributed by atoms with Gasteiger partial charge in [-0.3, -0.25) is 4.79 Å². The molecule has 110 valence electrons. The highest BCUT2D eigenvalue weighted by atomic mass is 16.3. The standard InChI is InChI=1S/C16H12N2O4/c19-16(15-6-3-9-22-15)18-12(14-5-2-8-21-14)10-11(17-18)13-4-1-7-20-13/h1-9,12H,10H2/t12-/m1/s1. The van der Waals surface area contributed by atoms with Crippen LogP contribution in [0.15, 0.2) is 73.5 Å². The van der Waals surface area contributed by atoms with Gasteiger partial charge in [-0.1, -0.05) is 0 Å². The SMILES string of the molecule is O=C(c1ccco1)N1N=C(c2ccco2)C[C@@H]1c1ccco1. The molecular formula is C16H12N2O4. The van der Waals surface area contributed by atoms with Gasteiger partial charge < -0.3 is 13.3 Å². The Morgan fingerprint density at radius 2 is 1.82 bits per heavy atom. The average Bonchev–Trinajstić information content (AvgIpc) is 3.35. The van der Waals surface area contributed by atoms with Crippen LogP contribution in [-0.4, -0.2) is 16.6 Å². The van der Waals surface area contributed by atoms with E-state index in [1.807, 2.05) is 12.1 Å². The Morgan fingerprint density at radius 3 is 2.50 bits per heavy atom. The zero-order valence-corrected chi connectivity index (χ0v) is 11.5. The van der Waals surface area contributed by atoms with E-state index < -0.39 is 0 Å². The first-order chi connectivity index (χ1) is 10.8. The minimum absolute atomic E-state index is 0.237. The fourth-order valence-corrected chi connectivity index (χ4v) is 2.50. The summed E-state index contributed by atoms with van der Waals surface area (Å²) in [4.78, 5) is 12.6. The van der Waals surface area contributed by atoms with Crippen LogP contribution in [0.4, 0.5) is 0 Å². The number of nitrogens with zero attached hydrogens (tertiary/aromatic N) is 2. The number of hydrogen-bond acceptors (Lipinski definition) is 5. The van der Waals surface area contributed by atoms with Gasteiger partial charge in [-0.25, -0.2) is 5.01 Å². The zero-order chi connectivity index (χ0) is 14.9. The highest BCUT2D eigenvalue weighted by Crippen LogP contribution is 2.34. The quantitative estimate of drug-likeness (QED) is 0.742. The van der Waals surface area contributed by atoms with Crippen molar-refractivity contribution in [3.05, 3.63) is 72.5 Å². The van der Waals surface area contributed by atoms with Gasteiger partial charge in [0.1, 0.15) is 23.3 Å². The summed E-state index contributed by atoms with van der Waals surface area (Å²) >= 11 is 0. The molecule has 3 aromatic heterocycles. The molecule has 6 heteroatoms. The minimum Gasteiger partial charge on any atom is -0.467 e. The Hall–Kier alpha value is -3.02. The van der Waals surface area contributed by atoms with E-state index in [4.69, 9.17) is 13.3 Å². The number of hydrogen-bond donors (Lipinski definition) is 0. The van der Waals surface area contributed by atoms with E-state index in [0.717, 1.165) is 0 Å². The Balaban J connectivity index is 1.71. The van der Waals surface area contributed by atoms with E-state index in [9.17, 15) is 4.79 Å². The first-order valence-corrected chi connectivity index (χ1v) is 6.85. The van der Waals surface area contributed by atoms with Crippen molar-refractivity contribution in [2.75, 3.05) is 0 Å². The second kappa shape index (κ2) is 5.07. The number of furan rings is 3. The van der Waals surface area contributed by atoms with Crippen molar-refractivity contribution >= 4 is 11.6 Å².